The van der Waals surface area contributed by atoms with E-state index in [0.717, 1.165) is 30.0 Å². The largest absolute Gasteiger partial charge is 0.478 e. The summed E-state index contributed by atoms with van der Waals surface area (Å²) in [6.07, 6.45) is 0.638. The predicted molar refractivity (Wildman–Crippen MR) is 153 cm³/mol. The average Bonchev–Trinajstić information content (AvgIpc) is 3.38. The van der Waals surface area contributed by atoms with E-state index in [4.69, 9.17) is 9.72 Å². The number of nitrogens with one attached hydrogen (secondary N) is 1. The minimum atomic E-state index is -1.02. The molecule has 1 fully saturated rings. The molecule has 1 saturated heterocycles. The lowest BCUT2D eigenvalue weighted by Gasteiger charge is -2.28. The van der Waals surface area contributed by atoms with E-state index in [2.05, 4.69) is 10.2 Å². The topological polar surface area (TPSA) is 112 Å². The van der Waals surface area contributed by atoms with Gasteiger partial charge >= 0.3 is 5.97 Å². The van der Waals surface area contributed by atoms with E-state index in [1.165, 1.54) is 13.0 Å². The lowest BCUT2D eigenvalue weighted by atomic mass is 9.92. The number of fused-ring (bicyclic) bond motifs is 1. The molecule has 0 atom stereocenters. The standard InChI is InChI=1S/C31H32N4O5/c1-20-18-23(31(38)39)8-9-24(20)29(21(2)36)30(22-6-4-3-5-7-22)33-27-11-10-26-25(32-27)12-13-35(26)28(37)19-34-14-16-40-17-15-34/h3-11,18H,12-17,19H2,1-2H3,(H,32,33)(H,38,39)/b30-29+. The Balaban J connectivity index is 1.48. The van der Waals surface area contributed by atoms with Crippen LogP contribution in [0.25, 0.3) is 11.3 Å². The quantitative estimate of drug-likeness (QED) is 0.327. The second-order valence-electron chi connectivity index (χ2n) is 9.98. The first kappa shape index (κ1) is 27.2. The number of ether oxygens (including phenoxy) is 1. The summed E-state index contributed by atoms with van der Waals surface area (Å²) in [4.78, 5) is 46.4. The summed E-state index contributed by atoms with van der Waals surface area (Å²) in [6, 6.07) is 18.0. The molecule has 1 aromatic heterocycles. The van der Waals surface area contributed by atoms with Crippen LogP contribution in [0, 0.1) is 6.92 Å². The number of Topliss-reactive ketones (excluding diaryl/α,β-unsaturated/α-hetero) is 1. The van der Waals surface area contributed by atoms with Crippen molar-refractivity contribution in [3.8, 4) is 0 Å². The molecule has 3 aromatic rings. The van der Waals surface area contributed by atoms with Crippen molar-refractivity contribution in [3.05, 3.63) is 88.6 Å². The number of ketones is 1. The molecular formula is C31H32N4O5. The van der Waals surface area contributed by atoms with Crippen LogP contribution in [-0.2, 0) is 20.7 Å². The maximum Gasteiger partial charge on any atom is 0.335 e. The van der Waals surface area contributed by atoms with Crippen LogP contribution in [0.2, 0.25) is 0 Å². The molecule has 0 unspecified atom stereocenters. The van der Waals surface area contributed by atoms with E-state index in [9.17, 15) is 19.5 Å². The number of rotatable bonds is 8. The summed E-state index contributed by atoms with van der Waals surface area (Å²) in [5.41, 5.74) is 4.90. The number of carbonyl (C=O) groups is 3. The normalized spacial score (nSPS) is 15.8. The Morgan fingerprint density at radius 1 is 0.975 bits per heavy atom. The van der Waals surface area contributed by atoms with Crippen LogP contribution >= 0.6 is 0 Å². The third kappa shape index (κ3) is 5.80. The van der Waals surface area contributed by atoms with Gasteiger partial charge in [0.05, 0.1) is 42.4 Å². The molecule has 3 heterocycles. The van der Waals surface area contributed by atoms with Gasteiger partial charge in [-0.15, -0.1) is 0 Å². The van der Waals surface area contributed by atoms with Gasteiger partial charge in [-0.2, -0.15) is 0 Å². The van der Waals surface area contributed by atoms with E-state index < -0.39 is 5.97 Å². The smallest absolute Gasteiger partial charge is 0.335 e. The Labute approximate surface area is 233 Å². The maximum atomic E-state index is 13.1. The van der Waals surface area contributed by atoms with Crippen LogP contribution in [-0.4, -0.2) is 72.0 Å². The summed E-state index contributed by atoms with van der Waals surface area (Å²) in [5.74, 6) is -0.589. The fourth-order valence-electron chi connectivity index (χ4n) is 5.22. The minimum Gasteiger partial charge on any atom is -0.478 e. The summed E-state index contributed by atoms with van der Waals surface area (Å²) in [5, 5.41) is 12.8. The number of hydrogen-bond acceptors (Lipinski definition) is 7. The lowest BCUT2D eigenvalue weighted by molar-refractivity contribution is -0.120. The number of aromatic carboxylic acids is 1. The highest BCUT2D eigenvalue weighted by Crippen LogP contribution is 2.33. The number of morpholine rings is 1. The number of aryl methyl sites for hydroxylation is 1. The number of amides is 1. The highest BCUT2D eigenvalue weighted by Gasteiger charge is 2.28. The predicted octanol–water partition coefficient (Wildman–Crippen LogP) is 3.88. The minimum absolute atomic E-state index is 0.0483. The van der Waals surface area contributed by atoms with Gasteiger partial charge in [0.25, 0.3) is 0 Å². The van der Waals surface area contributed by atoms with Gasteiger partial charge in [0.2, 0.25) is 5.91 Å². The molecule has 206 valence electrons. The fourth-order valence-corrected chi connectivity index (χ4v) is 5.22. The van der Waals surface area contributed by atoms with E-state index in [1.807, 2.05) is 42.5 Å². The Morgan fingerprint density at radius 2 is 1.73 bits per heavy atom. The van der Waals surface area contributed by atoms with Gasteiger partial charge in [0, 0.05) is 31.6 Å². The van der Waals surface area contributed by atoms with Gasteiger partial charge in [-0.05, 0) is 54.8 Å². The number of hydrogen-bond donors (Lipinski definition) is 2. The van der Waals surface area contributed by atoms with Gasteiger partial charge in [-0.3, -0.25) is 14.5 Å². The van der Waals surface area contributed by atoms with Gasteiger partial charge in [-0.25, -0.2) is 9.78 Å². The molecule has 5 rings (SSSR count). The Morgan fingerprint density at radius 3 is 2.40 bits per heavy atom. The molecule has 2 aliphatic rings. The highest BCUT2D eigenvalue weighted by molar-refractivity contribution is 6.28. The molecule has 9 heteroatoms. The van der Waals surface area contributed by atoms with Crippen molar-refractivity contribution < 1.29 is 24.2 Å². The molecule has 0 aliphatic carbocycles. The van der Waals surface area contributed by atoms with Gasteiger partial charge in [0.1, 0.15) is 5.82 Å². The first-order valence-corrected chi connectivity index (χ1v) is 13.3. The van der Waals surface area contributed by atoms with Crippen LogP contribution in [0.5, 0.6) is 0 Å². The number of carboxylic acids is 1. The zero-order chi connectivity index (χ0) is 28.2. The lowest BCUT2D eigenvalue weighted by Crippen LogP contribution is -2.44. The van der Waals surface area contributed by atoms with Crippen molar-refractivity contribution in [3.63, 3.8) is 0 Å². The van der Waals surface area contributed by atoms with Crippen molar-refractivity contribution in [2.24, 2.45) is 0 Å². The summed E-state index contributed by atoms with van der Waals surface area (Å²) >= 11 is 0. The number of allylic oxidation sites excluding steroid dienone is 1. The molecule has 0 radical (unpaired) electrons. The van der Waals surface area contributed by atoms with E-state index in [-0.39, 0.29) is 17.3 Å². The fraction of sp³-hybridized carbons (Fsp3) is 0.290. The van der Waals surface area contributed by atoms with E-state index in [0.29, 0.717) is 60.9 Å². The number of pyridine rings is 1. The van der Waals surface area contributed by atoms with Crippen molar-refractivity contribution in [1.82, 2.24) is 9.88 Å². The van der Waals surface area contributed by atoms with Gasteiger partial charge in [-0.1, -0.05) is 36.4 Å². The molecule has 2 aromatic carbocycles. The van der Waals surface area contributed by atoms with Crippen LogP contribution in [0.3, 0.4) is 0 Å². The van der Waals surface area contributed by atoms with Crippen LogP contribution in [0.4, 0.5) is 11.5 Å². The number of carboxylic acid groups (broad SMARTS) is 1. The van der Waals surface area contributed by atoms with Crippen molar-refractivity contribution in [2.45, 2.75) is 20.3 Å². The maximum absolute atomic E-state index is 13.1. The first-order valence-electron chi connectivity index (χ1n) is 13.3. The zero-order valence-corrected chi connectivity index (χ0v) is 22.6. The van der Waals surface area contributed by atoms with Crippen molar-refractivity contribution in [1.29, 1.82) is 0 Å². The Kier molecular flexibility index (Phi) is 8.04. The average molecular weight is 541 g/mol. The molecule has 1 amide bonds. The number of aromatic nitrogens is 1. The van der Waals surface area contributed by atoms with E-state index in [1.54, 1.807) is 24.0 Å². The third-order valence-electron chi connectivity index (χ3n) is 7.24. The zero-order valence-electron chi connectivity index (χ0n) is 22.6. The number of carbonyl (C=O) groups excluding carboxylic acids is 2. The second-order valence-corrected chi connectivity index (χ2v) is 9.98. The van der Waals surface area contributed by atoms with Gasteiger partial charge < -0.3 is 20.1 Å². The number of nitrogens with zero attached hydrogens (tertiary/aromatic N) is 3. The molecular weight excluding hydrogens is 508 g/mol. The molecule has 0 saturated carbocycles. The van der Waals surface area contributed by atoms with Crippen molar-refractivity contribution >= 4 is 40.4 Å². The Bertz CT molecular complexity index is 1480. The van der Waals surface area contributed by atoms with Crippen molar-refractivity contribution in [2.75, 3.05) is 49.6 Å². The van der Waals surface area contributed by atoms with Crippen LogP contribution < -0.4 is 10.2 Å². The highest BCUT2D eigenvalue weighted by atomic mass is 16.5. The molecule has 2 N–H and O–H groups in total. The van der Waals surface area contributed by atoms with E-state index >= 15 is 0 Å². The second kappa shape index (κ2) is 11.8. The van der Waals surface area contributed by atoms with Crippen LogP contribution in [0.15, 0.2) is 60.7 Å². The molecule has 2 aliphatic heterocycles. The summed E-state index contributed by atoms with van der Waals surface area (Å²) in [7, 11) is 0. The van der Waals surface area contributed by atoms with Crippen LogP contribution in [0.1, 0.15) is 39.7 Å². The SMILES string of the molecule is CC(=O)/C(=C(\Nc1ccc2c(n1)CCN2C(=O)CN1CCOCC1)c1ccccc1)c1ccc(C(=O)O)cc1C. The molecule has 0 spiro atoms. The first-order chi connectivity index (χ1) is 19.3. The molecule has 0 bridgehead atoms. The number of anilines is 2. The monoisotopic (exact) mass is 540 g/mol. The summed E-state index contributed by atoms with van der Waals surface area (Å²) < 4.78 is 5.39. The Hall–Kier alpha value is -4.34. The number of benzene rings is 2. The molecule has 40 heavy (non-hydrogen) atoms. The van der Waals surface area contributed by atoms with Gasteiger partial charge in [0.15, 0.2) is 5.78 Å². The molecule has 9 nitrogen and oxygen atoms in total. The summed E-state index contributed by atoms with van der Waals surface area (Å²) in [6.45, 7) is 7.00. The third-order valence-corrected chi connectivity index (χ3v) is 7.24.